The minimum Gasteiger partial charge on any atom is -0.397 e. The van der Waals surface area contributed by atoms with E-state index < -0.39 is 0 Å². The maximum Gasteiger partial charge on any atom is 0.0763 e. The predicted octanol–water partition coefficient (Wildman–Crippen LogP) is 4.16. The fraction of sp³-hybridized carbons (Fsp3) is 0.571. The molecule has 1 aromatic carbocycles. The molecule has 1 saturated carbocycles. The zero-order valence-electron chi connectivity index (χ0n) is 10.6. The second kappa shape index (κ2) is 4.77. The first-order valence-corrected chi connectivity index (χ1v) is 6.66. The first-order chi connectivity index (χ1) is 8.00. The van der Waals surface area contributed by atoms with Crippen molar-refractivity contribution >= 4 is 23.0 Å². The number of para-hydroxylation sites is 1. The molecule has 0 bridgehead atoms. The summed E-state index contributed by atoms with van der Waals surface area (Å²) in [7, 11) is 0. The zero-order valence-corrected chi connectivity index (χ0v) is 11.3. The quantitative estimate of drug-likeness (QED) is 0.790. The maximum absolute atomic E-state index is 6.14. The van der Waals surface area contributed by atoms with E-state index in [-0.39, 0.29) is 0 Å². The summed E-state index contributed by atoms with van der Waals surface area (Å²) in [6, 6.07) is 5.63. The summed E-state index contributed by atoms with van der Waals surface area (Å²) in [4.78, 5) is 0. The van der Waals surface area contributed by atoms with Crippen molar-refractivity contribution in [1.82, 2.24) is 0 Å². The highest BCUT2D eigenvalue weighted by Gasteiger charge is 2.33. The smallest absolute Gasteiger partial charge is 0.0763 e. The molecule has 0 aliphatic heterocycles. The largest absolute Gasteiger partial charge is 0.397 e. The van der Waals surface area contributed by atoms with E-state index in [1.165, 1.54) is 19.3 Å². The minimum atomic E-state index is 0.309. The van der Waals surface area contributed by atoms with Crippen LogP contribution < -0.4 is 11.1 Å². The Bertz CT molecular complexity index is 377. The van der Waals surface area contributed by atoms with Gasteiger partial charge in [0.2, 0.25) is 0 Å². The van der Waals surface area contributed by atoms with E-state index in [0.717, 1.165) is 23.8 Å². The van der Waals surface area contributed by atoms with Gasteiger partial charge < -0.3 is 11.1 Å². The van der Waals surface area contributed by atoms with Crippen molar-refractivity contribution in [2.24, 2.45) is 11.3 Å². The Labute approximate surface area is 109 Å². The van der Waals surface area contributed by atoms with Crippen LogP contribution in [0.15, 0.2) is 18.2 Å². The van der Waals surface area contributed by atoms with Crippen molar-refractivity contribution < 1.29 is 0 Å². The summed E-state index contributed by atoms with van der Waals surface area (Å²) in [6.45, 7) is 5.55. The first-order valence-electron chi connectivity index (χ1n) is 6.28. The van der Waals surface area contributed by atoms with E-state index in [1.54, 1.807) is 0 Å². The van der Waals surface area contributed by atoms with Crippen LogP contribution in [0.25, 0.3) is 0 Å². The average Bonchev–Trinajstić information content (AvgIpc) is 2.13. The van der Waals surface area contributed by atoms with E-state index in [9.17, 15) is 0 Å². The third kappa shape index (κ3) is 2.68. The summed E-state index contributed by atoms with van der Waals surface area (Å²) in [5, 5.41) is 4.12. The number of hydrogen-bond acceptors (Lipinski definition) is 2. The normalized spacial score (nSPS) is 16.6. The van der Waals surface area contributed by atoms with Gasteiger partial charge in [-0.05, 0) is 36.3 Å². The molecule has 17 heavy (non-hydrogen) atoms. The number of benzene rings is 1. The molecular formula is C14H21ClN2. The fourth-order valence-electron chi connectivity index (χ4n) is 2.38. The van der Waals surface area contributed by atoms with Crippen molar-refractivity contribution in [3.8, 4) is 0 Å². The van der Waals surface area contributed by atoms with E-state index in [2.05, 4.69) is 19.2 Å². The first kappa shape index (κ1) is 12.6. The Morgan fingerprint density at radius 1 is 1.41 bits per heavy atom. The van der Waals surface area contributed by atoms with Crippen molar-refractivity contribution in [3.05, 3.63) is 23.2 Å². The molecule has 3 heteroatoms. The Balaban J connectivity index is 2.01. The lowest BCUT2D eigenvalue weighted by molar-refractivity contribution is 0.134. The zero-order chi connectivity index (χ0) is 12.5. The fourth-order valence-corrected chi connectivity index (χ4v) is 2.63. The van der Waals surface area contributed by atoms with Crippen LogP contribution in [0.4, 0.5) is 11.4 Å². The Kier molecular flexibility index (Phi) is 3.53. The Hall–Kier alpha value is -0.890. The van der Waals surface area contributed by atoms with E-state index >= 15 is 0 Å². The highest BCUT2D eigenvalue weighted by Crippen LogP contribution is 2.42. The number of halogens is 1. The molecule has 0 unspecified atom stereocenters. The molecule has 0 saturated heterocycles. The molecule has 0 spiro atoms. The maximum atomic E-state index is 6.14. The Morgan fingerprint density at radius 2 is 2.12 bits per heavy atom. The average molecular weight is 253 g/mol. The molecule has 94 valence electrons. The van der Waals surface area contributed by atoms with Gasteiger partial charge in [0, 0.05) is 6.54 Å². The van der Waals surface area contributed by atoms with Gasteiger partial charge in [-0.1, -0.05) is 37.9 Å². The number of anilines is 2. The van der Waals surface area contributed by atoms with Gasteiger partial charge in [0.1, 0.15) is 0 Å². The van der Waals surface area contributed by atoms with Gasteiger partial charge in [-0.2, -0.15) is 0 Å². The van der Waals surface area contributed by atoms with E-state index in [4.69, 9.17) is 17.3 Å². The van der Waals surface area contributed by atoms with Crippen molar-refractivity contribution in [3.63, 3.8) is 0 Å². The van der Waals surface area contributed by atoms with Crippen molar-refractivity contribution in [2.75, 3.05) is 17.6 Å². The van der Waals surface area contributed by atoms with Crippen LogP contribution in [0.5, 0.6) is 0 Å². The lowest BCUT2D eigenvalue weighted by Gasteiger charge is -2.40. The predicted molar refractivity (Wildman–Crippen MR) is 75.5 cm³/mol. The number of nitrogens with one attached hydrogen (secondary N) is 1. The van der Waals surface area contributed by atoms with Crippen molar-refractivity contribution in [2.45, 2.75) is 33.1 Å². The van der Waals surface area contributed by atoms with Crippen LogP contribution in [0.1, 0.15) is 33.1 Å². The summed E-state index contributed by atoms with van der Waals surface area (Å²) in [5.74, 6) is 0.832. The lowest BCUT2D eigenvalue weighted by Crippen LogP contribution is -2.35. The second-order valence-electron chi connectivity index (χ2n) is 5.67. The minimum absolute atomic E-state index is 0.309. The number of hydrogen-bond donors (Lipinski definition) is 2. The molecule has 2 rings (SSSR count). The van der Waals surface area contributed by atoms with Crippen LogP contribution in [0.2, 0.25) is 5.02 Å². The highest BCUT2D eigenvalue weighted by atomic mass is 35.5. The summed E-state index contributed by atoms with van der Waals surface area (Å²) < 4.78 is 0. The number of rotatable bonds is 4. The van der Waals surface area contributed by atoms with Crippen LogP contribution in [-0.4, -0.2) is 6.54 Å². The molecule has 0 heterocycles. The van der Waals surface area contributed by atoms with Crippen molar-refractivity contribution in [1.29, 1.82) is 0 Å². The monoisotopic (exact) mass is 252 g/mol. The molecule has 2 nitrogen and oxygen atoms in total. The van der Waals surface area contributed by atoms with Gasteiger partial charge in [0.05, 0.1) is 16.4 Å². The second-order valence-corrected chi connectivity index (χ2v) is 6.08. The standard InChI is InChI=1S/C14H21ClN2/c1-14(2,10-5-3-6-10)9-17-13-11(15)7-4-8-12(13)16/h4,7-8,10,17H,3,5-6,9,16H2,1-2H3. The van der Waals surface area contributed by atoms with Crippen LogP contribution in [0, 0.1) is 11.3 Å². The number of nitrogen functional groups attached to an aromatic ring is 1. The van der Waals surface area contributed by atoms with Gasteiger partial charge in [0.15, 0.2) is 0 Å². The molecule has 0 atom stereocenters. The molecular weight excluding hydrogens is 232 g/mol. The lowest BCUT2D eigenvalue weighted by atomic mass is 9.67. The van der Waals surface area contributed by atoms with E-state index in [0.29, 0.717) is 10.4 Å². The van der Waals surface area contributed by atoms with E-state index in [1.807, 2.05) is 18.2 Å². The molecule has 1 aliphatic carbocycles. The Morgan fingerprint density at radius 3 is 2.65 bits per heavy atom. The summed E-state index contributed by atoms with van der Waals surface area (Å²) >= 11 is 6.14. The van der Waals surface area contributed by atoms with Gasteiger partial charge in [-0.3, -0.25) is 0 Å². The van der Waals surface area contributed by atoms with Gasteiger partial charge in [-0.15, -0.1) is 0 Å². The molecule has 3 N–H and O–H groups in total. The molecule has 0 aromatic heterocycles. The summed E-state index contributed by atoms with van der Waals surface area (Å²) in [6.07, 6.45) is 4.09. The molecule has 0 radical (unpaired) electrons. The topological polar surface area (TPSA) is 38.0 Å². The molecule has 1 aromatic rings. The third-order valence-corrected chi connectivity index (χ3v) is 4.29. The van der Waals surface area contributed by atoms with Gasteiger partial charge in [0.25, 0.3) is 0 Å². The molecule has 1 aliphatic rings. The number of nitrogens with two attached hydrogens (primary N) is 1. The van der Waals surface area contributed by atoms with Crippen LogP contribution in [-0.2, 0) is 0 Å². The third-order valence-electron chi connectivity index (χ3n) is 3.98. The SMILES string of the molecule is CC(C)(CNc1c(N)cccc1Cl)C1CCC1. The highest BCUT2D eigenvalue weighted by molar-refractivity contribution is 6.33. The summed E-state index contributed by atoms with van der Waals surface area (Å²) in [5.41, 5.74) is 7.84. The molecule has 1 fully saturated rings. The van der Waals surface area contributed by atoms with Gasteiger partial charge in [-0.25, -0.2) is 0 Å². The van der Waals surface area contributed by atoms with Crippen LogP contribution >= 0.6 is 11.6 Å². The van der Waals surface area contributed by atoms with Crippen LogP contribution in [0.3, 0.4) is 0 Å². The molecule has 0 amide bonds. The van der Waals surface area contributed by atoms with Gasteiger partial charge >= 0.3 is 0 Å².